The van der Waals surface area contributed by atoms with Crippen LogP contribution in [0.4, 0.5) is 0 Å². The summed E-state index contributed by atoms with van der Waals surface area (Å²) < 4.78 is 12.0. The van der Waals surface area contributed by atoms with Crippen LogP contribution in [-0.2, 0) is 25.5 Å². The van der Waals surface area contributed by atoms with Gasteiger partial charge in [-0.05, 0) is 79.1 Å². The lowest BCUT2D eigenvalue weighted by Gasteiger charge is -2.63. The van der Waals surface area contributed by atoms with Gasteiger partial charge in [-0.15, -0.1) is 0 Å². The molecule has 4 N–H and O–H groups in total. The molecule has 14 heteroatoms. The summed E-state index contributed by atoms with van der Waals surface area (Å²) >= 11 is 12.2. The van der Waals surface area contributed by atoms with Gasteiger partial charge in [-0.1, -0.05) is 102 Å². The van der Waals surface area contributed by atoms with Gasteiger partial charge in [0.15, 0.2) is 0 Å². The molecule has 0 bridgehead atoms. The van der Waals surface area contributed by atoms with E-state index in [0.29, 0.717) is 33.5 Å². The van der Waals surface area contributed by atoms with Crippen LogP contribution in [0.25, 0.3) is 0 Å². The third kappa shape index (κ3) is 11.7. The van der Waals surface area contributed by atoms with Crippen molar-refractivity contribution in [1.29, 1.82) is 5.26 Å². The smallest absolute Gasteiger partial charge is 0.251 e. The van der Waals surface area contributed by atoms with E-state index in [1.54, 1.807) is 30.3 Å². The van der Waals surface area contributed by atoms with Crippen molar-refractivity contribution in [2.24, 2.45) is 16.2 Å². The Bertz CT molecular complexity index is 2100. The highest BCUT2D eigenvalue weighted by Crippen LogP contribution is 2.55. The van der Waals surface area contributed by atoms with E-state index >= 15 is 0 Å². The largest absolute Gasteiger partial charge is 0.489 e. The molecule has 5 rings (SSSR count). The van der Waals surface area contributed by atoms with Crippen LogP contribution in [0, 0.1) is 27.6 Å². The van der Waals surface area contributed by atoms with Crippen LogP contribution in [0.1, 0.15) is 114 Å². The summed E-state index contributed by atoms with van der Waals surface area (Å²) in [6, 6.07) is 19.5. The maximum Gasteiger partial charge on any atom is 0.251 e. The summed E-state index contributed by atoms with van der Waals surface area (Å²) in [6.07, 6.45) is 2.35. The number of amides is 4. The number of unbranched alkanes of at least 4 members (excludes halogenated alkanes) is 2. The van der Waals surface area contributed by atoms with Crippen LogP contribution in [0.15, 0.2) is 66.7 Å². The molecule has 1 saturated carbocycles. The van der Waals surface area contributed by atoms with Crippen molar-refractivity contribution >= 4 is 46.8 Å². The van der Waals surface area contributed by atoms with Crippen LogP contribution in [0.3, 0.4) is 0 Å². The lowest BCUT2D eigenvalue weighted by atomic mass is 9.49. The average molecular weight is 891 g/mol. The number of ether oxygens (including phenoxy) is 2. The Hall–Kier alpha value is -4.67. The number of β-amino-alcohol motifs (C(OH)–C–C–N with tert-alkyl or cyclic N) is 1. The van der Waals surface area contributed by atoms with Gasteiger partial charge >= 0.3 is 0 Å². The van der Waals surface area contributed by atoms with Crippen LogP contribution >= 0.6 is 23.2 Å². The van der Waals surface area contributed by atoms with E-state index in [1.807, 2.05) is 64.1 Å². The standard InChI is InChI=1S/C48H61Cl2N5O7/c1-29(31-17-20-34(49)21-18-31)52-42(59)38-24-35(56)27-55(38)43(60)40(46(2,3)4)53-39(57)28-61-23-11-9-10-12-30-13-15-32(16-14-30)41(58)54-44-47(5,6)45(48(44,7)8)62-36-22-19-33(26-51)37(50)25-36/h13-22,25,29,35,38,40,44-45,56H,9-12,23-24,27-28H2,1-8H3,(H,52,59)(H,53,57)(H,54,58)/t29-,35+,38-,40+,44-,45-/m0/s1. The molecule has 3 aromatic carbocycles. The van der Waals surface area contributed by atoms with Crippen molar-refractivity contribution in [3.63, 3.8) is 0 Å². The second-order valence-corrected chi connectivity index (χ2v) is 19.7. The number of carbonyl (C=O) groups is 4. The zero-order valence-electron chi connectivity index (χ0n) is 37.0. The number of rotatable bonds is 17. The summed E-state index contributed by atoms with van der Waals surface area (Å²) in [6.45, 7) is 15.8. The molecule has 1 saturated heterocycles. The predicted molar refractivity (Wildman–Crippen MR) is 240 cm³/mol. The first-order valence-corrected chi connectivity index (χ1v) is 22.1. The highest BCUT2D eigenvalue weighted by atomic mass is 35.5. The molecular formula is C48H61Cl2N5O7. The van der Waals surface area contributed by atoms with Crippen LogP contribution in [-0.4, -0.2) is 83.7 Å². The van der Waals surface area contributed by atoms with Gasteiger partial charge in [0.1, 0.15) is 36.6 Å². The normalized spacial score (nSPS) is 21.2. The Morgan fingerprint density at radius 3 is 2.21 bits per heavy atom. The van der Waals surface area contributed by atoms with Crippen molar-refractivity contribution in [3.05, 3.63) is 99.0 Å². The lowest BCUT2D eigenvalue weighted by Crippen LogP contribution is -2.74. The number of aliphatic hydroxyl groups excluding tert-OH is 1. The SMILES string of the molecule is C[C@H](NC(=O)[C@@H]1C[C@@H](O)CN1C(=O)[C@@H](NC(=O)COCCCCCc1ccc(C(=O)N[C@H]2C(C)(C)[C@H](Oc3ccc(C#N)c(Cl)c3)C2(C)C)cc1)C(C)(C)C)c1ccc(Cl)cc1. The number of hydrogen-bond donors (Lipinski definition) is 4. The highest BCUT2D eigenvalue weighted by molar-refractivity contribution is 6.31. The summed E-state index contributed by atoms with van der Waals surface area (Å²) in [4.78, 5) is 55.1. The van der Waals surface area contributed by atoms with Gasteiger partial charge in [-0.25, -0.2) is 0 Å². The zero-order valence-corrected chi connectivity index (χ0v) is 38.5. The molecule has 334 valence electrons. The number of nitrogens with one attached hydrogen (secondary N) is 3. The molecule has 12 nitrogen and oxygen atoms in total. The Morgan fingerprint density at radius 2 is 1.60 bits per heavy atom. The van der Waals surface area contributed by atoms with Gasteiger partial charge in [0.05, 0.1) is 22.7 Å². The third-order valence-corrected chi connectivity index (χ3v) is 12.7. The molecular weight excluding hydrogens is 829 g/mol. The van der Waals surface area contributed by atoms with Gasteiger partial charge in [-0.2, -0.15) is 5.26 Å². The van der Waals surface area contributed by atoms with E-state index in [4.69, 9.17) is 32.7 Å². The van der Waals surface area contributed by atoms with Gasteiger partial charge < -0.3 is 35.4 Å². The van der Waals surface area contributed by atoms with Crippen LogP contribution < -0.4 is 20.7 Å². The number of carbonyl (C=O) groups excluding carboxylic acids is 4. The Morgan fingerprint density at radius 1 is 0.935 bits per heavy atom. The molecule has 2 fully saturated rings. The monoisotopic (exact) mass is 889 g/mol. The second kappa shape index (κ2) is 20.2. The second-order valence-electron chi connectivity index (χ2n) is 18.9. The molecule has 1 heterocycles. The number of likely N-dealkylation sites (tertiary alicyclic amines) is 1. The van der Waals surface area contributed by atoms with Crippen molar-refractivity contribution in [3.8, 4) is 11.8 Å². The first-order chi connectivity index (χ1) is 29.1. The van der Waals surface area contributed by atoms with Crippen molar-refractivity contribution < 1.29 is 33.8 Å². The van der Waals surface area contributed by atoms with Crippen molar-refractivity contribution in [1.82, 2.24) is 20.9 Å². The average Bonchev–Trinajstić information content (AvgIpc) is 3.61. The van der Waals surface area contributed by atoms with E-state index in [1.165, 1.54) is 4.90 Å². The van der Waals surface area contributed by atoms with E-state index < -0.39 is 35.4 Å². The molecule has 2 aliphatic rings. The molecule has 4 amide bonds. The molecule has 3 aromatic rings. The molecule has 0 unspecified atom stereocenters. The summed E-state index contributed by atoms with van der Waals surface area (Å²) in [7, 11) is 0. The van der Waals surface area contributed by atoms with E-state index in [-0.39, 0.29) is 60.4 Å². The number of benzene rings is 3. The summed E-state index contributed by atoms with van der Waals surface area (Å²) in [5.74, 6) is -0.826. The quantitative estimate of drug-likeness (QED) is 0.101. The first-order valence-electron chi connectivity index (χ1n) is 21.3. The molecule has 62 heavy (non-hydrogen) atoms. The van der Waals surface area contributed by atoms with E-state index in [0.717, 1.165) is 36.8 Å². The van der Waals surface area contributed by atoms with Gasteiger partial charge in [-0.3, -0.25) is 19.2 Å². The van der Waals surface area contributed by atoms with Gasteiger partial charge in [0.25, 0.3) is 5.91 Å². The van der Waals surface area contributed by atoms with Crippen LogP contribution in [0.5, 0.6) is 5.75 Å². The minimum absolute atomic E-state index is 0.0147. The summed E-state index contributed by atoms with van der Waals surface area (Å²) in [5.41, 5.74) is 1.49. The number of hydrogen-bond acceptors (Lipinski definition) is 8. The van der Waals surface area contributed by atoms with Crippen molar-refractivity contribution in [2.45, 2.75) is 124 Å². The molecule has 0 spiro atoms. The lowest BCUT2D eigenvalue weighted by molar-refractivity contribution is -0.164. The number of aliphatic hydroxyl groups is 1. The van der Waals surface area contributed by atoms with E-state index in [9.17, 15) is 29.5 Å². The molecule has 1 aliphatic heterocycles. The first kappa shape index (κ1) is 48.4. The molecule has 1 aliphatic carbocycles. The predicted octanol–water partition coefficient (Wildman–Crippen LogP) is 7.58. The fraction of sp³-hybridized carbons (Fsp3) is 0.521. The number of halogens is 2. The van der Waals surface area contributed by atoms with Crippen molar-refractivity contribution in [2.75, 3.05) is 19.8 Å². The third-order valence-electron chi connectivity index (χ3n) is 12.1. The number of aryl methyl sites for hydroxylation is 1. The summed E-state index contributed by atoms with van der Waals surface area (Å²) in [5, 5.41) is 29.6. The fourth-order valence-electron chi connectivity index (χ4n) is 8.98. The maximum absolute atomic E-state index is 13.9. The Balaban J connectivity index is 1.02. The highest BCUT2D eigenvalue weighted by Gasteiger charge is 2.64. The Labute approximate surface area is 376 Å². The zero-order chi connectivity index (χ0) is 45.6. The topological polar surface area (TPSA) is 170 Å². The minimum Gasteiger partial charge on any atom is -0.489 e. The Kier molecular flexibility index (Phi) is 15.8. The van der Waals surface area contributed by atoms with Crippen LogP contribution in [0.2, 0.25) is 10.0 Å². The molecule has 0 radical (unpaired) electrons. The van der Waals surface area contributed by atoms with E-state index in [2.05, 4.69) is 49.7 Å². The maximum atomic E-state index is 13.9. The van der Waals surface area contributed by atoms with Gasteiger partial charge in [0, 0.05) is 53.1 Å². The van der Waals surface area contributed by atoms with Gasteiger partial charge in [0.2, 0.25) is 17.7 Å². The fourth-order valence-corrected chi connectivity index (χ4v) is 9.31. The minimum atomic E-state index is -0.948. The molecule has 0 aromatic heterocycles. The number of nitrogens with zero attached hydrogens (tertiary/aromatic N) is 2. The number of nitriles is 1. The molecule has 4 atom stereocenters.